The molecule has 0 aromatic heterocycles. The second-order valence-electron chi connectivity index (χ2n) is 5.86. The molecule has 0 saturated heterocycles. The van der Waals surface area contributed by atoms with Crippen LogP contribution in [0.5, 0.6) is 5.75 Å². The highest BCUT2D eigenvalue weighted by Gasteiger charge is 2.19. The summed E-state index contributed by atoms with van der Waals surface area (Å²) in [7, 11) is 0. The van der Waals surface area contributed by atoms with Gasteiger partial charge in [0.15, 0.2) is 0 Å². The lowest BCUT2D eigenvalue weighted by molar-refractivity contribution is 0.296. The molecule has 2 nitrogen and oxygen atoms in total. The molecule has 118 valence electrons. The highest BCUT2D eigenvalue weighted by Crippen LogP contribution is 2.34. The SMILES string of the molecule is CCCCCC(CC(C)C=S)c1cccc(O)c1CCO. The molecule has 2 N–H and O–H groups in total. The number of aliphatic hydroxyl groups is 1. The van der Waals surface area contributed by atoms with Gasteiger partial charge < -0.3 is 10.2 Å². The van der Waals surface area contributed by atoms with Gasteiger partial charge >= 0.3 is 0 Å². The van der Waals surface area contributed by atoms with Crippen LogP contribution in [0.4, 0.5) is 0 Å². The molecule has 0 amide bonds. The standard InChI is InChI=1S/C18H28O2S/c1-3-4-5-7-15(12-14(2)13-21)16-8-6-9-18(20)17(16)10-11-19/h6,8-9,13-15,19-20H,3-5,7,10-12H2,1-2H3. The largest absolute Gasteiger partial charge is 0.508 e. The summed E-state index contributed by atoms with van der Waals surface area (Å²) >= 11 is 5.07. The van der Waals surface area contributed by atoms with Crippen molar-refractivity contribution in [3.8, 4) is 5.75 Å². The first-order chi connectivity index (χ1) is 10.1. The maximum absolute atomic E-state index is 10.1. The maximum atomic E-state index is 10.1. The Hall–Kier alpha value is -0.930. The highest BCUT2D eigenvalue weighted by molar-refractivity contribution is 7.79. The van der Waals surface area contributed by atoms with Crippen LogP contribution in [0.3, 0.4) is 0 Å². The van der Waals surface area contributed by atoms with E-state index in [4.69, 9.17) is 12.2 Å². The summed E-state index contributed by atoms with van der Waals surface area (Å²) in [6.45, 7) is 4.42. The molecule has 0 fully saturated rings. The minimum atomic E-state index is 0.0645. The number of benzene rings is 1. The number of thiocarbonyl (C=S) groups is 1. The number of rotatable bonds is 10. The van der Waals surface area contributed by atoms with Crippen molar-refractivity contribution in [2.24, 2.45) is 5.92 Å². The van der Waals surface area contributed by atoms with Crippen LogP contribution in [0.2, 0.25) is 0 Å². The van der Waals surface area contributed by atoms with Crippen molar-refractivity contribution in [2.45, 2.75) is 58.3 Å². The average Bonchev–Trinajstić information content (AvgIpc) is 2.48. The molecule has 0 bridgehead atoms. The van der Waals surface area contributed by atoms with Crippen molar-refractivity contribution < 1.29 is 10.2 Å². The Kier molecular flexibility index (Phi) is 8.55. The molecule has 3 heteroatoms. The summed E-state index contributed by atoms with van der Waals surface area (Å²) in [6, 6.07) is 5.71. The number of hydrogen-bond acceptors (Lipinski definition) is 3. The second kappa shape index (κ2) is 9.91. The monoisotopic (exact) mass is 308 g/mol. The molecule has 21 heavy (non-hydrogen) atoms. The van der Waals surface area contributed by atoms with Crippen molar-refractivity contribution in [1.82, 2.24) is 0 Å². The van der Waals surface area contributed by atoms with E-state index in [1.54, 1.807) is 6.07 Å². The van der Waals surface area contributed by atoms with E-state index in [1.807, 2.05) is 11.4 Å². The normalized spacial score (nSPS) is 13.9. The molecule has 2 unspecified atom stereocenters. The van der Waals surface area contributed by atoms with Crippen LogP contribution in [0.15, 0.2) is 18.2 Å². The van der Waals surface area contributed by atoms with E-state index >= 15 is 0 Å². The highest BCUT2D eigenvalue weighted by atomic mass is 32.1. The van der Waals surface area contributed by atoms with Crippen molar-refractivity contribution in [2.75, 3.05) is 6.61 Å². The van der Waals surface area contributed by atoms with E-state index in [1.165, 1.54) is 24.8 Å². The summed E-state index contributed by atoms with van der Waals surface area (Å²) < 4.78 is 0. The first-order valence-electron chi connectivity index (χ1n) is 8.00. The Morgan fingerprint density at radius 2 is 2.05 bits per heavy atom. The van der Waals surface area contributed by atoms with Gasteiger partial charge in [-0.15, -0.1) is 0 Å². The number of aliphatic hydroxyl groups excluding tert-OH is 1. The lowest BCUT2D eigenvalue weighted by Crippen LogP contribution is -2.09. The van der Waals surface area contributed by atoms with Gasteiger partial charge in [-0.3, -0.25) is 0 Å². The molecule has 0 aliphatic carbocycles. The third kappa shape index (κ3) is 5.76. The molecule has 0 saturated carbocycles. The van der Waals surface area contributed by atoms with Crippen molar-refractivity contribution >= 4 is 17.6 Å². The topological polar surface area (TPSA) is 40.5 Å². The van der Waals surface area contributed by atoms with E-state index < -0.39 is 0 Å². The predicted octanol–water partition coefficient (Wildman–Crippen LogP) is 4.62. The number of unbranched alkanes of at least 4 members (excludes halogenated alkanes) is 2. The molecule has 0 radical (unpaired) electrons. The van der Waals surface area contributed by atoms with Gasteiger partial charge in [-0.25, -0.2) is 0 Å². The fourth-order valence-corrected chi connectivity index (χ4v) is 3.02. The molecule has 0 aliphatic heterocycles. The van der Waals surface area contributed by atoms with Crippen LogP contribution in [0, 0.1) is 5.92 Å². The van der Waals surface area contributed by atoms with Gasteiger partial charge in [0.1, 0.15) is 5.75 Å². The van der Waals surface area contributed by atoms with Crippen molar-refractivity contribution in [3.63, 3.8) is 0 Å². The molecule has 1 rings (SSSR count). The van der Waals surface area contributed by atoms with Gasteiger partial charge in [-0.1, -0.05) is 57.5 Å². The summed E-state index contributed by atoms with van der Waals surface area (Å²) in [4.78, 5) is 0. The van der Waals surface area contributed by atoms with Gasteiger partial charge in [-0.2, -0.15) is 0 Å². The minimum Gasteiger partial charge on any atom is -0.508 e. The fraction of sp³-hybridized carbons (Fsp3) is 0.611. The van der Waals surface area contributed by atoms with E-state index in [-0.39, 0.29) is 6.61 Å². The summed E-state index contributed by atoms with van der Waals surface area (Å²) in [5, 5.41) is 21.2. The molecule has 0 spiro atoms. The van der Waals surface area contributed by atoms with E-state index in [0.29, 0.717) is 24.0 Å². The molecule has 0 heterocycles. The van der Waals surface area contributed by atoms with Crippen LogP contribution in [-0.2, 0) is 6.42 Å². The summed E-state index contributed by atoms with van der Waals surface area (Å²) in [5.74, 6) is 1.09. The summed E-state index contributed by atoms with van der Waals surface area (Å²) in [5.41, 5.74) is 2.09. The number of phenolic OH excluding ortho intramolecular Hbond substituents is 1. The number of aromatic hydroxyl groups is 1. The maximum Gasteiger partial charge on any atom is 0.119 e. The second-order valence-corrected chi connectivity index (χ2v) is 6.13. The quantitative estimate of drug-likeness (QED) is 0.489. The van der Waals surface area contributed by atoms with Gasteiger partial charge in [-0.05, 0) is 53.7 Å². The third-order valence-corrected chi connectivity index (χ3v) is 4.50. The van der Waals surface area contributed by atoms with E-state index in [2.05, 4.69) is 19.9 Å². The Labute approximate surface area is 134 Å². The fourth-order valence-electron chi connectivity index (χ4n) is 2.90. The first-order valence-corrected chi connectivity index (χ1v) is 8.48. The minimum absolute atomic E-state index is 0.0645. The zero-order chi connectivity index (χ0) is 15.7. The Morgan fingerprint density at radius 3 is 2.67 bits per heavy atom. The Balaban J connectivity index is 2.99. The van der Waals surface area contributed by atoms with Crippen LogP contribution in [0.1, 0.15) is 63.0 Å². The van der Waals surface area contributed by atoms with Crippen molar-refractivity contribution in [1.29, 1.82) is 0 Å². The third-order valence-electron chi connectivity index (χ3n) is 4.03. The van der Waals surface area contributed by atoms with E-state index in [0.717, 1.165) is 18.4 Å². The van der Waals surface area contributed by atoms with Gasteiger partial charge in [0, 0.05) is 6.61 Å². The molecule has 1 aromatic carbocycles. The zero-order valence-corrected chi connectivity index (χ0v) is 14.0. The molecule has 2 atom stereocenters. The van der Waals surface area contributed by atoms with E-state index in [9.17, 15) is 10.2 Å². The smallest absolute Gasteiger partial charge is 0.119 e. The Morgan fingerprint density at radius 1 is 1.29 bits per heavy atom. The van der Waals surface area contributed by atoms with Gasteiger partial charge in [0.05, 0.1) is 0 Å². The predicted molar refractivity (Wildman–Crippen MR) is 93.2 cm³/mol. The average molecular weight is 308 g/mol. The number of phenols is 1. The van der Waals surface area contributed by atoms with Crippen LogP contribution < -0.4 is 0 Å². The number of hydrogen-bond donors (Lipinski definition) is 2. The molecule has 1 aromatic rings. The molecule has 0 aliphatic rings. The van der Waals surface area contributed by atoms with Gasteiger partial charge in [0.2, 0.25) is 0 Å². The van der Waals surface area contributed by atoms with Crippen molar-refractivity contribution in [3.05, 3.63) is 29.3 Å². The van der Waals surface area contributed by atoms with Crippen LogP contribution >= 0.6 is 12.2 Å². The lowest BCUT2D eigenvalue weighted by Gasteiger charge is -2.23. The lowest BCUT2D eigenvalue weighted by atomic mass is 9.83. The Bertz CT molecular complexity index is 431. The molecular weight excluding hydrogens is 280 g/mol. The first kappa shape index (κ1) is 18.1. The zero-order valence-electron chi connectivity index (χ0n) is 13.2. The molecular formula is C18H28O2S. The van der Waals surface area contributed by atoms with Crippen LogP contribution in [0.25, 0.3) is 0 Å². The summed E-state index contributed by atoms with van der Waals surface area (Å²) in [6.07, 6.45) is 6.27. The van der Waals surface area contributed by atoms with Gasteiger partial charge in [0.25, 0.3) is 0 Å². The van der Waals surface area contributed by atoms with Crippen LogP contribution in [-0.4, -0.2) is 22.2 Å².